The van der Waals surface area contributed by atoms with Crippen LogP contribution in [0.5, 0.6) is 5.75 Å². The zero-order chi connectivity index (χ0) is 15.9. The summed E-state index contributed by atoms with van der Waals surface area (Å²) < 4.78 is 5.47. The van der Waals surface area contributed by atoms with Crippen LogP contribution in [0.1, 0.15) is 11.4 Å². The molecule has 1 aromatic heterocycles. The maximum Gasteiger partial charge on any atom is 0.119 e. The first-order valence-corrected chi connectivity index (χ1v) is 7.82. The van der Waals surface area contributed by atoms with Crippen molar-refractivity contribution in [3.8, 4) is 5.75 Å². The van der Waals surface area contributed by atoms with Crippen molar-refractivity contribution in [1.82, 2.24) is 15.3 Å². The monoisotopic (exact) mass is 307 g/mol. The van der Waals surface area contributed by atoms with E-state index in [9.17, 15) is 0 Å². The van der Waals surface area contributed by atoms with Gasteiger partial charge in [-0.1, -0.05) is 36.9 Å². The number of para-hydroxylation sites is 2. The van der Waals surface area contributed by atoms with Gasteiger partial charge in [-0.15, -0.1) is 0 Å². The topological polar surface area (TPSA) is 49.9 Å². The Morgan fingerprint density at radius 3 is 2.74 bits per heavy atom. The third-order valence-corrected chi connectivity index (χ3v) is 3.60. The summed E-state index contributed by atoms with van der Waals surface area (Å²) in [6, 6.07) is 16.2. The van der Waals surface area contributed by atoms with Gasteiger partial charge in [-0.3, -0.25) is 0 Å². The summed E-state index contributed by atoms with van der Waals surface area (Å²) >= 11 is 0. The van der Waals surface area contributed by atoms with E-state index >= 15 is 0 Å². The van der Waals surface area contributed by atoms with Crippen LogP contribution < -0.4 is 10.1 Å². The fourth-order valence-electron chi connectivity index (χ4n) is 2.42. The van der Waals surface area contributed by atoms with Gasteiger partial charge >= 0.3 is 0 Å². The lowest BCUT2D eigenvalue weighted by atomic mass is 10.2. The number of ether oxygens (including phenoxy) is 1. The summed E-state index contributed by atoms with van der Waals surface area (Å²) in [7, 11) is 0. The Morgan fingerprint density at radius 1 is 1.13 bits per heavy atom. The number of H-pyrrole nitrogens is 1. The molecule has 118 valence electrons. The van der Waals surface area contributed by atoms with Crippen LogP contribution in [0.15, 0.2) is 61.2 Å². The summed E-state index contributed by atoms with van der Waals surface area (Å²) in [5.74, 6) is 1.89. The smallest absolute Gasteiger partial charge is 0.119 e. The van der Waals surface area contributed by atoms with Crippen molar-refractivity contribution in [2.24, 2.45) is 0 Å². The van der Waals surface area contributed by atoms with Crippen LogP contribution in [-0.2, 0) is 13.0 Å². The van der Waals surface area contributed by atoms with Crippen LogP contribution in [0.3, 0.4) is 0 Å². The lowest BCUT2D eigenvalue weighted by Gasteiger charge is -2.06. The summed E-state index contributed by atoms with van der Waals surface area (Å²) in [6.07, 6.45) is 2.63. The van der Waals surface area contributed by atoms with Gasteiger partial charge in [0.05, 0.1) is 11.0 Å². The van der Waals surface area contributed by atoms with Gasteiger partial charge in [-0.25, -0.2) is 4.98 Å². The Balaban J connectivity index is 1.45. The van der Waals surface area contributed by atoms with Crippen molar-refractivity contribution in [2.75, 3.05) is 13.2 Å². The average Bonchev–Trinajstić information content (AvgIpc) is 3.01. The van der Waals surface area contributed by atoms with Gasteiger partial charge in [-0.05, 0) is 29.8 Å². The Hall–Kier alpha value is -2.59. The molecule has 0 unspecified atom stereocenters. The first-order chi connectivity index (χ1) is 11.3. The van der Waals surface area contributed by atoms with E-state index in [2.05, 4.69) is 40.1 Å². The van der Waals surface area contributed by atoms with Gasteiger partial charge in [0.15, 0.2) is 0 Å². The van der Waals surface area contributed by atoms with E-state index in [4.69, 9.17) is 4.74 Å². The molecule has 0 saturated heterocycles. The van der Waals surface area contributed by atoms with Gasteiger partial charge in [-0.2, -0.15) is 0 Å². The number of nitrogens with zero attached hydrogens (tertiary/aromatic N) is 1. The Labute approximate surface area is 136 Å². The van der Waals surface area contributed by atoms with E-state index in [0.717, 1.165) is 42.1 Å². The van der Waals surface area contributed by atoms with Crippen molar-refractivity contribution in [3.05, 3.63) is 72.6 Å². The van der Waals surface area contributed by atoms with Crippen LogP contribution in [0.2, 0.25) is 0 Å². The summed E-state index contributed by atoms with van der Waals surface area (Å²) in [5, 5.41) is 3.44. The Morgan fingerprint density at radius 2 is 1.96 bits per heavy atom. The molecule has 23 heavy (non-hydrogen) atoms. The molecule has 0 spiro atoms. The third-order valence-electron chi connectivity index (χ3n) is 3.60. The lowest BCUT2D eigenvalue weighted by Crippen LogP contribution is -2.17. The third kappa shape index (κ3) is 4.20. The van der Waals surface area contributed by atoms with E-state index < -0.39 is 0 Å². The Bertz CT molecular complexity index is 729. The standard InChI is InChI=1S/C19H21N3O/c1-2-13-23-16-9-7-15(8-10-16)14-20-12-11-19-21-17-5-3-4-6-18(17)22-19/h2-10,20H,1,11-14H2,(H,21,22). The molecule has 2 N–H and O–H groups in total. The van der Waals surface area contributed by atoms with Crippen LogP contribution in [0.4, 0.5) is 0 Å². The molecule has 3 aromatic rings. The molecule has 0 aliphatic heterocycles. The molecule has 0 amide bonds. The van der Waals surface area contributed by atoms with Gasteiger partial charge in [0.1, 0.15) is 18.2 Å². The molecule has 4 nitrogen and oxygen atoms in total. The number of imidazole rings is 1. The van der Waals surface area contributed by atoms with Crippen LogP contribution in [-0.4, -0.2) is 23.1 Å². The van der Waals surface area contributed by atoms with E-state index in [1.807, 2.05) is 30.3 Å². The maximum atomic E-state index is 5.47. The molecular formula is C19H21N3O. The van der Waals surface area contributed by atoms with Crippen LogP contribution >= 0.6 is 0 Å². The van der Waals surface area contributed by atoms with E-state index in [0.29, 0.717) is 6.61 Å². The molecule has 4 heteroatoms. The highest BCUT2D eigenvalue weighted by Gasteiger charge is 2.01. The molecule has 0 atom stereocenters. The number of aromatic amines is 1. The second kappa shape index (κ2) is 7.61. The number of hydrogen-bond donors (Lipinski definition) is 2. The molecule has 0 fully saturated rings. The predicted molar refractivity (Wildman–Crippen MR) is 93.6 cm³/mol. The van der Waals surface area contributed by atoms with Crippen molar-refractivity contribution in [2.45, 2.75) is 13.0 Å². The quantitative estimate of drug-likeness (QED) is 0.495. The summed E-state index contributed by atoms with van der Waals surface area (Å²) in [6.45, 7) is 5.89. The molecule has 0 radical (unpaired) electrons. The molecule has 3 rings (SSSR count). The fraction of sp³-hybridized carbons (Fsp3) is 0.211. The van der Waals surface area contributed by atoms with E-state index in [1.165, 1.54) is 5.56 Å². The van der Waals surface area contributed by atoms with Crippen molar-refractivity contribution in [1.29, 1.82) is 0 Å². The molecule has 0 aliphatic carbocycles. The predicted octanol–water partition coefficient (Wildman–Crippen LogP) is 3.46. The van der Waals surface area contributed by atoms with Gasteiger partial charge in [0, 0.05) is 19.5 Å². The maximum absolute atomic E-state index is 5.47. The van der Waals surface area contributed by atoms with Gasteiger partial charge < -0.3 is 15.0 Å². The van der Waals surface area contributed by atoms with Crippen LogP contribution in [0, 0.1) is 0 Å². The largest absolute Gasteiger partial charge is 0.490 e. The van der Waals surface area contributed by atoms with Gasteiger partial charge in [0.25, 0.3) is 0 Å². The number of nitrogens with one attached hydrogen (secondary N) is 2. The minimum atomic E-state index is 0.537. The molecule has 0 bridgehead atoms. The summed E-state index contributed by atoms with van der Waals surface area (Å²) in [5.41, 5.74) is 3.36. The summed E-state index contributed by atoms with van der Waals surface area (Å²) in [4.78, 5) is 7.92. The lowest BCUT2D eigenvalue weighted by molar-refractivity contribution is 0.363. The fourth-order valence-corrected chi connectivity index (χ4v) is 2.42. The zero-order valence-corrected chi connectivity index (χ0v) is 13.1. The minimum absolute atomic E-state index is 0.537. The zero-order valence-electron chi connectivity index (χ0n) is 13.1. The Kier molecular flexibility index (Phi) is 5.06. The number of benzene rings is 2. The van der Waals surface area contributed by atoms with E-state index in [-0.39, 0.29) is 0 Å². The first-order valence-electron chi connectivity index (χ1n) is 7.82. The molecule has 1 heterocycles. The molecule has 2 aromatic carbocycles. The number of fused-ring (bicyclic) bond motifs is 1. The number of aromatic nitrogens is 2. The highest BCUT2D eigenvalue weighted by molar-refractivity contribution is 5.74. The van der Waals surface area contributed by atoms with Crippen molar-refractivity contribution >= 4 is 11.0 Å². The van der Waals surface area contributed by atoms with Crippen molar-refractivity contribution in [3.63, 3.8) is 0 Å². The average molecular weight is 307 g/mol. The highest BCUT2D eigenvalue weighted by atomic mass is 16.5. The molecule has 0 aliphatic rings. The normalized spacial score (nSPS) is 10.8. The second-order valence-electron chi connectivity index (χ2n) is 5.37. The number of hydrogen-bond acceptors (Lipinski definition) is 3. The molecule has 0 saturated carbocycles. The van der Waals surface area contributed by atoms with Gasteiger partial charge in [0.2, 0.25) is 0 Å². The second-order valence-corrected chi connectivity index (χ2v) is 5.37. The molecular weight excluding hydrogens is 286 g/mol. The SMILES string of the molecule is C=CCOc1ccc(CNCCc2nc3ccccc3[nH]2)cc1. The minimum Gasteiger partial charge on any atom is -0.490 e. The first kappa shape index (κ1) is 15.3. The number of rotatable bonds is 8. The van der Waals surface area contributed by atoms with Crippen molar-refractivity contribution < 1.29 is 4.74 Å². The van der Waals surface area contributed by atoms with E-state index in [1.54, 1.807) is 6.08 Å². The van der Waals surface area contributed by atoms with Crippen LogP contribution in [0.25, 0.3) is 11.0 Å². The highest BCUT2D eigenvalue weighted by Crippen LogP contribution is 2.12.